The summed E-state index contributed by atoms with van der Waals surface area (Å²) in [6.45, 7) is 3.56. The Morgan fingerprint density at radius 3 is 2.62 bits per heavy atom. The van der Waals surface area contributed by atoms with Crippen molar-refractivity contribution in [3.8, 4) is 0 Å². The Balaban J connectivity index is 2.12. The molecule has 1 saturated carbocycles. The van der Waals surface area contributed by atoms with Crippen LogP contribution in [-0.2, 0) is 0 Å². The van der Waals surface area contributed by atoms with Crippen LogP contribution in [0, 0.1) is 0 Å². The number of carbonyl (C=O) groups is 1. The molecule has 5 nitrogen and oxygen atoms in total. The van der Waals surface area contributed by atoms with Crippen LogP contribution < -0.4 is 5.32 Å². The fraction of sp³-hybridized carbons (Fsp3) is 0.625. The van der Waals surface area contributed by atoms with E-state index in [9.17, 15) is 4.79 Å². The maximum Gasteiger partial charge on any atom is 0.255 e. The fourth-order valence-corrected chi connectivity index (χ4v) is 2.96. The predicted octanol–water partition coefficient (Wildman–Crippen LogP) is 2.07. The van der Waals surface area contributed by atoms with E-state index in [0.717, 1.165) is 31.6 Å². The lowest BCUT2D eigenvalue weighted by Crippen LogP contribution is -2.57. The summed E-state index contributed by atoms with van der Waals surface area (Å²) in [5.41, 5.74) is 1.66. The minimum Gasteiger partial charge on any atom is -0.383 e. The van der Waals surface area contributed by atoms with Crippen LogP contribution >= 0.6 is 0 Å². The second-order valence-corrected chi connectivity index (χ2v) is 6.09. The van der Waals surface area contributed by atoms with Gasteiger partial charge in [0.2, 0.25) is 0 Å². The number of hydrogen-bond acceptors (Lipinski definition) is 4. The monoisotopic (exact) mass is 290 g/mol. The Labute approximate surface area is 127 Å². The van der Waals surface area contributed by atoms with Gasteiger partial charge in [-0.25, -0.2) is 0 Å². The van der Waals surface area contributed by atoms with Gasteiger partial charge in [-0.15, -0.1) is 0 Å². The standard InChI is InChI=1S/C16H26N4O/c1-5-18-14-11-17-10-7-13(14)15(21)20(4)12-16(19(2)3)8-6-9-16/h7,10-11,18H,5-6,8-9,12H2,1-4H3. The number of anilines is 1. The van der Waals surface area contributed by atoms with Crippen molar-refractivity contribution in [1.29, 1.82) is 0 Å². The summed E-state index contributed by atoms with van der Waals surface area (Å²) in [5, 5.41) is 3.21. The van der Waals surface area contributed by atoms with E-state index in [1.807, 2.05) is 18.9 Å². The number of carbonyl (C=O) groups excluding carboxylic acids is 1. The molecule has 1 amide bonds. The second kappa shape index (κ2) is 6.43. The first-order chi connectivity index (χ1) is 10.00. The Morgan fingerprint density at radius 1 is 1.38 bits per heavy atom. The Kier molecular flexibility index (Phi) is 4.83. The minimum absolute atomic E-state index is 0.0569. The summed E-state index contributed by atoms with van der Waals surface area (Å²) in [6.07, 6.45) is 6.96. The van der Waals surface area contributed by atoms with Crippen molar-refractivity contribution in [1.82, 2.24) is 14.8 Å². The van der Waals surface area contributed by atoms with E-state index < -0.39 is 0 Å². The average Bonchev–Trinajstić information content (AvgIpc) is 2.42. The zero-order chi connectivity index (χ0) is 15.5. The lowest BCUT2D eigenvalue weighted by molar-refractivity contribution is 0.0253. The molecule has 1 N–H and O–H groups in total. The van der Waals surface area contributed by atoms with E-state index in [1.54, 1.807) is 18.5 Å². The first-order valence-electron chi connectivity index (χ1n) is 7.61. The third-order valence-electron chi connectivity index (χ3n) is 4.53. The molecule has 1 heterocycles. The Morgan fingerprint density at radius 2 is 2.10 bits per heavy atom. The zero-order valence-corrected chi connectivity index (χ0v) is 13.5. The molecule has 1 aromatic heterocycles. The van der Waals surface area contributed by atoms with Crippen molar-refractivity contribution in [2.24, 2.45) is 0 Å². The van der Waals surface area contributed by atoms with E-state index in [1.165, 1.54) is 6.42 Å². The van der Waals surface area contributed by atoms with Gasteiger partial charge in [0.15, 0.2) is 0 Å². The molecule has 1 aromatic rings. The SMILES string of the molecule is CCNc1cnccc1C(=O)N(C)CC1(N(C)C)CCC1. The molecular formula is C16H26N4O. The molecule has 1 aliphatic rings. The number of rotatable bonds is 6. The molecule has 2 rings (SSSR count). The molecule has 0 bridgehead atoms. The maximum atomic E-state index is 12.7. The highest BCUT2D eigenvalue weighted by molar-refractivity contribution is 5.99. The molecule has 0 spiro atoms. The quantitative estimate of drug-likeness (QED) is 0.871. The lowest BCUT2D eigenvalue weighted by atomic mass is 9.75. The summed E-state index contributed by atoms with van der Waals surface area (Å²) >= 11 is 0. The lowest BCUT2D eigenvalue weighted by Gasteiger charge is -2.49. The molecule has 0 radical (unpaired) electrons. The number of hydrogen-bond donors (Lipinski definition) is 1. The largest absolute Gasteiger partial charge is 0.383 e. The van der Waals surface area contributed by atoms with E-state index in [4.69, 9.17) is 0 Å². The molecule has 5 heteroatoms. The van der Waals surface area contributed by atoms with Crippen LogP contribution in [0.1, 0.15) is 36.5 Å². The third kappa shape index (κ3) is 3.18. The summed E-state index contributed by atoms with van der Waals surface area (Å²) in [4.78, 5) is 20.9. The number of nitrogens with zero attached hydrogens (tertiary/aromatic N) is 3. The zero-order valence-electron chi connectivity index (χ0n) is 13.5. The Bertz CT molecular complexity index is 497. The number of aromatic nitrogens is 1. The first-order valence-corrected chi connectivity index (χ1v) is 7.61. The number of nitrogens with one attached hydrogen (secondary N) is 1. The van der Waals surface area contributed by atoms with Gasteiger partial charge in [0.05, 0.1) is 17.4 Å². The van der Waals surface area contributed by atoms with Crippen LogP contribution in [-0.4, -0.2) is 60.5 Å². The van der Waals surface area contributed by atoms with Gasteiger partial charge in [0.1, 0.15) is 0 Å². The van der Waals surface area contributed by atoms with Gasteiger partial charge in [-0.05, 0) is 46.3 Å². The fourth-order valence-electron chi connectivity index (χ4n) is 2.96. The van der Waals surface area contributed by atoms with Crippen molar-refractivity contribution >= 4 is 11.6 Å². The highest BCUT2D eigenvalue weighted by atomic mass is 16.2. The summed E-state index contributed by atoms with van der Waals surface area (Å²) in [5.74, 6) is 0.0569. The Hall–Kier alpha value is -1.62. The minimum atomic E-state index is 0.0569. The topological polar surface area (TPSA) is 48.5 Å². The van der Waals surface area contributed by atoms with Crippen LogP contribution in [0.3, 0.4) is 0 Å². The van der Waals surface area contributed by atoms with Crippen LogP contribution in [0.15, 0.2) is 18.5 Å². The molecule has 0 aromatic carbocycles. The van der Waals surface area contributed by atoms with E-state index in [2.05, 4.69) is 29.3 Å². The molecule has 1 aliphatic carbocycles. The number of pyridine rings is 1. The molecular weight excluding hydrogens is 264 g/mol. The number of likely N-dealkylation sites (N-methyl/N-ethyl adjacent to an activating group) is 2. The van der Waals surface area contributed by atoms with Crippen molar-refractivity contribution in [3.63, 3.8) is 0 Å². The van der Waals surface area contributed by atoms with E-state index in [-0.39, 0.29) is 11.4 Å². The highest BCUT2D eigenvalue weighted by Gasteiger charge is 2.40. The van der Waals surface area contributed by atoms with Gasteiger partial charge in [0, 0.05) is 31.9 Å². The van der Waals surface area contributed by atoms with Gasteiger partial charge >= 0.3 is 0 Å². The van der Waals surface area contributed by atoms with Gasteiger partial charge in [-0.3, -0.25) is 9.78 Å². The van der Waals surface area contributed by atoms with E-state index >= 15 is 0 Å². The molecule has 0 atom stereocenters. The first kappa shape index (κ1) is 15.8. The van der Waals surface area contributed by atoms with Gasteiger partial charge in [-0.2, -0.15) is 0 Å². The molecule has 0 unspecified atom stereocenters. The molecule has 1 fully saturated rings. The average molecular weight is 290 g/mol. The summed E-state index contributed by atoms with van der Waals surface area (Å²) in [7, 11) is 6.10. The van der Waals surface area contributed by atoms with Crippen molar-refractivity contribution in [2.45, 2.75) is 31.7 Å². The van der Waals surface area contributed by atoms with Gasteiger partial charge < -0.3 is 15.1 Å². The van der Waals surface area contributed by atoms with Crippen LogP contribution in [0.2, 0.25) is 0 Å². The van der Waals surface area contributed by atoms with Crippen molar-refractivity contribution in [2.75, 3.05) is 39.5 Å². The van der Waals surface area contributed by atoms with Crippen LogP contribution in [0.25, 0.3) is 0 Å². The summed E-state index contributed by atoms with van der Waals surface area (Å²) in [6, 6.07) is 1.79. The van der Waals surface area contributed by atoms with Crippen molar-refractivity contribution in [3.05, 3.63) is 24.0 Å². The van der Waals surface area contributed by atoms with Crippen molar-refractivity contribution < 1.29 is 4.79 Å². The van der Waals surface area contributed by atoms with Crippen LogP contribution in [0.5, 0.6) is 0 Å². The predicted molar refractivity (Wildman–Crippen MR) is 85.6 cm³/mol. The van der Waals surface area contributed by atoms with Gasteiger partial charge in [-0.1, -0.05) is 0 Å². The molecule has 0 saturated heterocycles. The smallest absolute Gasteiger partial charge is 0.255 e. The van der Waals surface area contributed by atoms with E-state index in [0.29, 0.717) is 5.56 Å². The third-order valence-corrected chi connectivity index (χ3v) is 4.53. The molecule has 21 heavy (non-hydrogen) atoms. The second-order valence-electron chi connectivity index (χ2n) is 6.09. The normalized spacial score (nSPS) is 16.4. The molecule has 116 valence electrons. The summed E-state index contributed by atoms with van der Waals surface area (Å²) < 4.78 is 0. The van der Waals surface area contributed by atoms with Crippen LogP contribution in [0.4, 0.5) is 5.69 Å². The highest BCUT2D eigenvalue weighted by Crippen LogP contribution is 2.36. The molecule has 0 aliphatic heterocycles. The maximum absolute atomic E-state index is 12.7. The number of amides is 1. The van der Waals surface area contributed by atoms with Gasteiger partial charge in [0.25, 0.3) is 5.91 Å².